The molecule has 4 aromatic rings. The second kappa shape index (κ2) is 9.40. The van der Waals surface area contributed by atoms with Crippen molar-refractivity contribution in [3.8, 4) is 11.1 Å². The largest absolute Gasteiger partial charge is 0.0654 e. The SMILES string of the molecule is CCCCc1c(C)c(Cc2ccccc2)cc2c1Cc1cc(C)c(Cc3ccccc3)cc1-2. The lowest BCUT2D eigenvalue weighted by atomic mass is 9.87. The zero-order valence-corrected chi connectivity index (χ0v) is 20.2. The number of fused-ring (bicyclic) bond motifs is 3. The van der Waals surface area contributed by atoms with Gasteiger partial charge in [0.1, 0.15) is 0 Å². The summed E-state index contributed by atoms with van der Waals surface area (Å²) in [5, 5.41) is 0. The van der Waals surface area contributed by atoms with E-state index in [1.807, 2.05) is 0 Å². The van der Waals surface area contributed by atoms with Gasteiger partial charge in [0.25, 0.3) is 0 Å². The lowest BCUT2D eigenvalue weighted by molar-refractivity contribution is 0.784. The first kappa shape index (κ1) is 21.7. The van der Waals surface area contributed by atoms with Crippen LogP contribution in [-0.2, 0) is 25.7 Å². The Morgan fingerprint density at radius 2 is 1.30 bits per heavy atom. The van der Waals surface area contributed by atoms with Crippen LogP contribution in [0.2, 0.25) is 0 Å². The first-order chi connectivity index (χ1) is 16.1. The number of hydrogen-bond acceptors (Lipinski definition) is 0. The van der Waals surface area contributed by atoms with Crippen LogP contribution in [-0.4, -0.2) is 0 Å². The highest BCUT2D eigenvalue weighted by Crippen LogP contribution is 2.43. The lowest BCUT2D eigenvalue weighted by Crippen LogP contribution is -2.03. The summed E-state index contributed by atoms with van der Waals surface area (Å²) in [4.78, 5) is 0. The van der Waals surface area contributed by atoms with Crippen molar-refractivity contribution in [1.82, 2.24) is 0 Å². The van der Waals surface area contributed by atoms with E-state index in [1.165, 1.54) is 69.3 Å². The predicted molar refractivity (Wildman–Crippen MR) is 141 cm³/mol. The molecular weight excluding hydrogens is 396 g/mol. The van der Waals surface area contributed by atoms with Crippen molar-refractivity contribution < 1.29 is 0 Å². The zero-order valence-electron chi connectivity index (χ0n) is 20.2. The van der Waals surface area contributed by atoms with E-state index in [0.717, 1.165) is 19.3 Å². The van der Waals surface area contributed by atoms with Crippen molar-refractivity contribution in [1.29, 1.82) is 0 Å². The molecule has 4 aromatic carbocycles. The van der Waals surface area contributed by atoms with E-state index in [0.29, 0.717) is 0 Å². The van der Waals surface area contributed by atoms with Crippen molar-refractivity contribution in [2.24, 2.45) is 0 Å². The highest BCUT2D eigenvalue weighted by atomic mass is 14.3. The Kier molecular flexibility index (Phi) is 6.18. The van der Waals surface area contributed by atoms with Crippen LogP contribution in [0.1, 0.15) is 69.8 Å². The number of rotatable bonds is 7. The molecule has 0 N–H and O–H groups in total. The fourth-order valence-electron chi connectivity index (χ4n) is 5.49. The second-order valence-corrected chi connectivity index (χ2v) is 9.71. The maximum absolute atomic E-state index is 2.51. The summed E-state index contributed by atoms with van der Waals surface area (Å²) in [5.41, 5.74) is 16.3. The summed E-state index contributed by atoms with van der Waals surface area (Å²) in [5.74, 6) is 0. The van der Waals surface area contributed by atoms with Crippen LogP contribution in [0.25, 0.3) is 11.1 Å². The molecule has 0 saturated heterocycles. The minimum atomic E-state index is 1.00. The van der Waals surface area contributed by atoms with Gasteiger partial charge in [-0.05, 0) is 107 Å². The minimum absolute atomic E-state index is 1.00. The molecule has 166 valence electrons. The number of benzene rings is 4. The summed E-state index contributed by atoms with van der Waals surface area (Å²) in [6, 6.07) is 29.3. The third-order valence-electron chi connectivity index (χ3n) is 7.42. The summed E-state index contributed by atoms with van der Waals surface area (Å²) >= 11 is 0. The predicted octanol–water partition coefficient (Wildman–Crippen LogP) is 8.40. The van der Waals surface area contributed by atoms with Crippen molar-refractivity contribution in [2.75, 3.05) is 0 Å². The second-order valence-electron chi connectivity index (χ2n) is 9.71. The van der Waals surface area contributed by atoms with Crippen molar-refractivity contribution in [3.63, 3.8) is 0 Å². The normalized spacial score (nSPS) is 12.0. The molecule has 0 bridgehead atoms. The van der Waals surface area contributed by atoms with Gasteiger partial charge in [-0.25, -0.2) is 0 Å². The monoisotopic (exact) mass is 430 g/mol. The standard InChI is InChI=1S/C33H34/c1-4-5-16-30-24(3)28(19-26-14-10-7-11-15-26)21-33-31-20-27(18-25-12-8-6-9-13-25)23(2)17-29(31)22-32(30)33/h6-15,17,20-21H,4-5,16,18-19,22H2,1-3H3. The van der Waals surface area contributed by atoms with Gasteiger partial charge in [0.15, 0.2) is 0 Å². The van der Waals surface area contributed by atoms with Crippen molar-refractivity contribution in [2.45, 2.75) is 59.3 Å². The molecule has 0 aliphatic heterocycles. The molecular formula is C33H34. The Bertz CT molecular complexity index is 1260. The van der Waals surface area contributed by atoms with Gasteiger partial charge in [-0.3, -0.25) is 0 Å². The molecule has 0 aromatic heterocycles. The van der Waals surface area contributed by atoms with E-state index in [-0.39, 0.29) is 0 Å². The molecule has 0 atom stereocenters. The maximum atomic E-state index is 2.51. The van der Waals surface area contributed by atoms with Crippen LogP contribution in [0, 0.1) is 13.8 Å². The topological polar surface area (TPSA) is 0 Å². The van der Waals surface area contributed by atoms with E-state index >= 15 is 0 Å². The van der Waals surface area contributed by atoms with Gasteiger partial charge < -0.3 is 0 Å². The van der Waals surface area contributed by atoms with E-state index in [1.54, 1.807) is 11.1 Å². The molecule has 33 heavy (non-hydrogen) atoms. The summed E-state index contributed by atoms with van der Waals surface area (Å²) in [6.45, 7) is 6.95. The molecule has 0 fully saturated rings. The van der Waals surface area contributed by atoms with E-state index in [9.17, 15) is 0 Å². The van der Waals surface area contributed by atoms with E-state index < -0.39 is 0 Å². The third-order valence-corrected chi connectivity index (χ3v) is 7.42. The summed E-state index contributed by atoms with van der Waals surface area (Å²) in [7, 11) is 0. The molecule has 0 saturated carbocycles. The van der Waals surface area contributed by atoms with Gasteiger partial charge in [0, 0.05) is 0 Å². The lowest BCUT2D eigenvalue weighted by Gasteiger charge is -2.18. The molecule has 1 aliphatic carbocycles. The average molecular weight is 431 g/mol. The Hall–Kier alpha value is -3.12. The highest BCUT2D eigenvalue weighted by molar-refractivity contribution is 5.80. The Morgan fingerprint density at radius 3 is 1.94 bits per heavy atom. The quantitative estimate of drug-likeness (QED) is 0.243. The Balaban J connectivity index is 1.60. The van der Waals surface area contributed by atoms with Crippen LogP contribution >= 0.6 is 0 Å². The van der Waals surface area contributed by atoms with E-state index in [2.05, 4.69) is 99.6 Å². The van der Waals surface area contributed by atoms with Crippen LogP contribution < -0.4 is 0 Å². The maximum Gasteiger partial charge on any atom is -0.00105 e. The molecule has 0 unspecified atom stereocenters. The fourth-order valence-corrected chi connectivity index (χ4v) is 5.49. The van der Waals surface area contributed by atoms with Gasteiger partial charge >= 0.3 is 0 Å². The van der Waals surface area contributed by atoms with Gasteiger partial charge in [-0.2, -0.15) is 0 Å². The number of hydrogen-bond donors (Lipinski definition) is 0. The van der Waals surface area contributed by atoms with Crippen molar-refractivity contribution in [3.05, 3.63) is 129 Å². The van der Waals surface area contributed by atoms with Crippen LogP contribution in [0.3, 0.4) is 0 Å². The molecule has 1 aliphatic rings. The Morgan fingerprint density at radius 1 is 0.697 bits per heavy atom. The number of unbranched alkanes of at least 4 members (excludes halogenated alkanes) is 1. The Labute approximate surface area is 199 Å². The zero-order chi connectivity index (χ0) is 22.8. The minimum Gasteiger partial charge on any atom is -0.0654 e. The van der Waals surface area contributed by atoms with Gasteiger partial charge in [0.2, 0.25) is 0 Å². The average Bonchev–Trinajstić information content (AvgIpc) is 3.17. The third kappa shape index (κ3) is 4.40. The molecule has 0 amide bonds. The molecule has 0 radical (unpaired) electrons. The fraction of sp³-hybridized carbons (Fsp3) is 0.273. The molecule has 0 heteroatoms. The van der Waals surface area contributed by atoms with Crippen LogP contribution in [0.15, 0.2) is 78.9 Å². The van der Waals surface area contributed by atoms with Crippen LogP contribution in [0.4, 0.5) is 0 Å². The highest BCUT2D eigenvalue weighted by Gasteiger charge is 2.25. The van der Waals surface area contributed by atoms with Gasteiger partial charge in [-0.15, -0.1) is 0 Å². The molecule has 5 rings (SSSR count). The van der Waals surface area contributed by atoms with Crippen LogP contribution in [0.5, 0.6) is 0 Å². The molecule has 0 nitrogen and oxygen atoms in total. The summed E-state index contributed by atoms with van der Waals surface area (Å²) < 4.78 is 0. The van der Waals surface area contributed by atoms with Gasteiger partial charge in [0.05, 0.1) is 0 Å². The molecule has 0 spiro atoms. The molecule has 0 heterocycles. The summed E-state index contributed by atoms with van der Waals surface area (Å²) in [6.07, 6.45) is 6.79. The smallest absolute Gasteiger partial charge is 0.00105 e. The van der Waals surface area contributed by atoms with Crippen molar-refractivity contribution >= 4 is 0 Å². The first-order valence-corrected chi connectivity index (χ1v) is 12.5. The van der Waals surface area contributed by atoms with Gasteiger partial charge in [-0.1, -0.05) is 92.2 Å². The first-order valence-electron chi connectivity index (χ1n) is 12.5. The number of aryl methyl sites for hydroxylation is 1. The van der Waals surface area contributed by atoms with E-state index in [4.69, 9.17) is 0 Å².